The number of aliphatic hydroxyl groups excluding tert-OH is 1. The molecule has 0 aliphatic heterocycles. The fourth-order valence-corrected chi connectivity index (χ4v) is 2.58. The smallest absolute Gasteiger partial charge is 0.150 e. The third-order valence-corrected chi connectivity index (χ3v) is 4.70. The molecule has 0 unspecified atom stereocenters. The lowest BCUT2D eigenvalue weighted by Gasteiger charge is -2.14. The summed E-state index contributed by atoms with van der Waals surface area (Å²) in [7, 11) is -2.94. The van der Waals surface area contributed by atoms with Crippen LogP contribution in [-0.4, -0.2) is 31.6 Å². The number of aliphatic hydroxyl groups is 1. The number of rotatable bonds is 7. The molecule has 0 spiro atoms. The van der Waals surface area contributed by atoms with Crippen LogP contribution in [0.4, 0.5) is 0 Å². The Hall–Kier alpha value is -1.07. The molecule has 0 radical (unpaired) electrons. The Morgan fingerprint density at radius 3 is 2.63 bits per heavy atom. The fourth-order valence-electron chi connectivity index (χ4n) is 1.73. The molecule has 0 heterocycles. The van der Waals surface area contributed by atoms with Crippen molar-refractivity contribution in [2.75, 3.05) is 18.1 Å². The van der Waals surface area contributed by atoms with Gasteiger partial charge in [0, 0.05) is 11.3 Å². The number of aryl methyl sites for hydroxylation is 1. The summed E-state index contributed by atoms with van der Waals surface area (Å²) < 4.78 is 28.2. The van der Waals surface area contributed by atoms with Gasteiger partial charge in [0.05, 0.1) is 18.5 Å². The molecule has 1 rings (SSSR count). The Morgan fingerprint density at radius 2 is 2.05 bits per heavy atom. The van der Waals surface area contributed by atoms with Crippen molar-refractivity contribution in [2.45, 2.75) is 33.3 Å². The molecular formula is C14H22O4S. The standard InChI is InChI=1S/C14H22O4S/c1-4-19(16,17)9-5-8-18-14-7-6-11(2)10-13(14)12(3)15/h6-7,10,12,15H,4-5,8-9H2,1-3H3/t12-/m1/s1. The van der Waals surface area contributed by atoms with Gasteiger partial charge < -0.3 is 9.84 Å². The zero-order valence-electron chi connectivity index (χ0n) is 11.7. The molecule has 4 nitrogen and oxygen atoms in total. The molecule has 19 heavy (non-hydrogen) atoms. The Morgan fingerprint density at radius 1 is 1.37 bits per heavy atom. The maximum atomic E-state index is 11.3. The Labute approximate surface area is 115 Å². The molecule has 0 aliphatic carbocycles. The first-order valence-electron chi connectivity index (χ1n) is 6.47. The van der Waals surface area contributed by atoms with Gasteiger partial charge in [-0.05, 0) is 32.4 Å². The van der Waals surface area contributed by atoms with Crippen molar-refractivity contribution in [3.63, 3.8) is 0 Å². The lowest BCUT2D eigenvalue weighted by atomic mass is 10.1. The average Bonchev–Trinajstić information content (AvgIpc) is 2.36. The predicted octanol–water partition coefficient (Wildman–Crippen LogP) is 2.25. The molecule has 1 atom stereocenters. The van der Waals surface area contributed by atoms with Gasteiger partial charge >= 0.3 is 0 Å². The lowest BCUT2D eigenvalue weighted by Crippen LogP contribution is -2.12. The van der Waals surface area contributed by atoms with E-state index in [1.165, 1.54) is 0 Å². The summed E-state index contributed by atoms with van der Waals surface area (Å²) in [6.07, 6.45) is -0.141. The third-order valence-electron chi connectivity index (χ3n) is 2.91. The second kappa shape index (κ2) is 6.91. The van der Waals surface area contributed by atoms with Crippen molar-refractivity contribution in [2.24, 2.45) is 0 Å². The molecule has 0 saturated heterocycles. The van der Waals surface area contributed by atoms with Gasteiger partial charge in [-0.15, -0.1) is 0 Å². The lowest BCUT2D eigenvalue weighted by molar-refractivity contribution is 0.191. The van der Waals surface area contributed by atoms with Crippen LogP contribution >= 0.6 is 0 Å². The molecule has 1 aromatic rings. The van der Waals surface area contributed by atoms with E-state index in [9.17, 15) is 13.5 Å². The predicted molar refractivity (Wildman–Crippen MR) is 76.3 cm³/mol. The first kappa shape index (κ1) is 16.0. The van der Waals surface area contributed by atoms with Gasteiger partial charge in [0.25, 0.3) is 0 Å². The highest BCUT2D eigenvalue weighted by atomic mass is 32.2. The summed E-state index contributed by atoms with van der Waals surface area (Å²) in [6.45, 7) is 5.61. The zero-order valence-corrected chi connectivity index (χ0v) is 12.5. The highest BCUT2D eigenvalue weighted by molar-refractivity contribution is 7.91. The van der Waals surface area contributed by atoms with Crippen molar-refractivity contribution in [1.82, 2.24) is 0 Å². The number of hydrogen-bond donors (Lipinski definition) is 1. The van der Waals surface area contributed by atoms with Gasteiger partial charge in [-0.2, -0.15) is 0 Å². The molecule has 108 valence electrons. The first-order valence-corrected chi connectivity index (χ1v) is 8.29. The van der Waals surface area contributed by atoms with E-state index in [2.05, 4.69) is 0 Å². The number of benzene rings is 1. The van der Waals surface area contributed by atoms with E-state index in [4.69, 9.17) is 4.74 Å². The summed E-state index contributed by atoms with van der Waals surface area (Å²) in [4.78, 5) is 0. The van der Waals surface area contributed by atoms with E-state index in [-0.39, 0.29) is 11.5 Å². The van der Waals surface area contributed by atoms with E-state index in [1.807, 2.05) is 25.1 Å². The van der Waals surface area contributed by atoms with Gasteiger partial charge in [0.1, 0.15) is 15.6 Å². The second-order valence-corrected chi connectivity index (χ2v) is 7.13. The zero-order chi connectivity index (χ0) is 14.5. The summed E-state index contributed by atoms with van der Waals surface area (Å²) in [5.41, 5.74) is 1.79. The Balaban J connectivity index is 2.59. The summed E-state index contributed by atoms with van der Waals surface area (Å²) >= 11 is 0. The second-order valence-electron chi connectivity index (χ2n) is 4.66. The van der Waals surface area contributed by atoms with Crippen molar-refractivity contribution in [3.05, 3.63) is 29.3 Å². The van der Waals surface area contributed by atoms with Crippen LogP contribution in [0.2, 0.25) is 0 Å². The van der Waals surface area contributed by atoms with Crippen LogP contribution in [0, 0.1) is 6.92 Å². The number of ether oxygens (including phenoxy) is 1. The third kappa shape index (κ3) is 5.20. The van der Waals surface area contributed by atoms with Crippen LogP contribution in [0.3, 0.4) is 0 Å². The van der Waals surface area contributed by atoms with Crippen molar-refractivity contribution in [3.8, 4) is 5.75 Å². The summed E-state index contributed by atoms with van der Waals surface area (Å²) in [5, 5.41) is 9.68. The monoisotopic (exact) mass is 286 g/mol. The van der Waals surface area contributed by atoms with Crippen molar-refractivity contribution in [1.29, 1.82) is 0 Å². The van der Waals surface area contributed by atoms with Gasteiger partial charge in [-0.1, -0.05) is 18.6 Å². The number of hydrogen-bond acceptors (Lipinski definition) is 4. The van der Waals surface area contributed by atoms with E-state index >= 15 is 0 Å². The van der Waals surface area contributed by atoms with Crippen LogP contribution in [0.5, 0.6) is 5.75 Å². The molecule has 1 aromatic carbocycles. The Kier molecular flexibility index (Phi) is 5.82. The van der Waals surface area contributed by atoms with E-state index in [0.29, 0.717) is 18.8 Å². The minimum absolute atomic E-state index is 0.138. The van der Waals surface area contributed by atoms with E-state index in [0.717, 1.165) is 11.1 Å². The van der Waals surface area contributed by atoms with Gasteiger partial charge in [0.2, 0.25) is 0 Å². The molecule has 5 heteroatoms. The van der Waals surface area contributed by atoms with Crippen LogP contribution < -0.4 is 4.74 Å². The van der Waals surface area contributed by atoms with Crippen LogP contribution in [0.15, 0.2) is 18.2 Å². The number of sulfone groups is 1. The quantitative estimate of drug-likeness (QED) is 0.781. The maximum Gasteiger partial charge on any atom is 0.150 e. The molecule has 1 N–H and O–H groups in total. The minimum Gasteiger partial charge on any atom is -0.493 e. The molecule has 0 amide bonds. The first-order chi connectivity index (χ1) is 8.85. The topological polar surface area (TPSA) is 63.6 Å². The highest BCUT2D eigenvalue weighted by Crippen LogP contribution is 2.26. The minimum atomic E-state index is -2.94. The fraction of sp³-hybridized carbons (Fsp3) is 0.571. The van der Waals surface area contributed by atoms with E-state index in [1.54, 1.807) is 13.8 Å². The van der Waals surface area contributed by atoms with E-state index < -0.39 is 15.9 Å². The maximum absolute atomic E-state index is 11.3. The Bertz CT molecular complexity index is 506. The largest absolute Gasteiger partial charge is 0.493 e. The normalized spacial score (nSPS) is 13.3. The van der Waals surface area contributed by atoms with Crippen LogP contribution in [0.1, 0.15) is 37.5 Å². The van der Waals surface area contributed by atoms with Gasteiger partial charge in [-0.3, -0.25) is 0 Å². The van der Waals surface area contributed by atoms with Crippen molar-refractivity contribution < 1.29 is 18.3 Å². The molecule has 0 bridgehead atoms. The van der Waals surface area contributed by atoms with Crippen LogP contribution in [-0.2, 0) is 9.84 Å². The average molecular weight is 286 g/mol. The van der Waals surface area contributed by atoms with Gasteiger partial charge in [-0.25, -0.2) is 8.42 Å². The summed E-state index contributed by atoms with van der Waals surface area (Å²) in [6, 6.07) is 5.60. The molecular weight excluding hydrogens is 264 g/mol. The molecule has 0 saturated carbocycles. The SMILES string of the molecule is CCS(=O)(=O)CCCOc1ccc(C)cc1[C@@H](C)O. The summed E-state index contributed by atoms with van der Waals surface area (Å²) in [5.74, 6) is 0.921. The van der Waals surface area contributed by atoms with Crippen LogP contribution in [0.25, 0.3) is 0 Å². The molecule has 0 fully saturated rings. The van der Waals surface area contributed by atoms with Gasteiger partial charge in [0.15, 0.2) is 0 Å². The highest BCUT2D eigenvalue weighted by Gasteiger charge is 2.11. The molecule has 0 aromatic heterocycles. The molecule has 0 aliphatic rings. The van der Waals surface area contributed by atoms with Crippen molar-refractivity contribution >= 4 is 9.84 Å².